The van der Waals surface area contributed by atoms with E-state index in [1.807, 2.05) is 27.7 Å². The van der Waals surface area contributed by atoms with Crippen molar-refractivity contribution in [1.82, 2.24) is 5.32 Å². The van der Waals surface area contributed by atoms with Crippen molar-refractivity contribution in [3.63, 3.8) is 0 Å². The molecule has 0 aromatic rings. The second kappa shape index (κ2) is 6.10. The largest absolute Gasteiger partial charge is 0.481 e. The molecule has 1 rings (SSSR count). The van der Waals surface area contributed by atoms with Crippen molar-refractivity contribution in [3.05, 3.63) is 0 Å². The lowest BCUT2D eigenvalue weighted by molar-refractivity contribution is -0.171. The minimum Gasteiger partial charge on any atom is -0.481 e. The maximum Gasteiger partial charge on any atom is 0.305 e. The fourth-order valence-electron chi connectivity index (χ4n) is 2.64. The van der Waals surface area contributed by atoms with Gasteiger partial charge in [-0.05, 0) is 13.3 Å². The van der Waals surface area contributed by atoms with E-state index in [2.05, 4.69) is 5.32 Å². The first-order chi connectivity index (χ1) is 9.18. The number of rotatable bonds is 7. The minimum absolute atomic E-state index is 0.0391. The van der Waals surface area contributed by atoms with Crippen LogP contribution in [0.4, 0.5) is 0 Å². The molecule has 0 heterocycles. The predicted octanol–water partition coefficient (Wildman–Crippen LogP) is 0.888. The zero-order valence-corrected chi connectivity index (χ0v) is 12.7. The van der Waals surface area contributed by atoms with Crippen LogP contribution in [-0.2, 0) is 14.3 Å². The van der Waals surface area contributed by atoms with Crippen LogP contribution < -0.4 is 11.1 Å². The Balaban J connectivity index is 2.70. The maximum absolute atomic E-state index is 12.4. The summed E-state index contributed by atoms with van der Waals surface area (Å²) in [5.41, 5.74) is 4.77. The highest BCUT2D eigenvalue weighted by Crippen LogP contribution is 2.49. The lowest BCUT2D eigenvalue weighted by Crippen LogP contribution is -2.76. The van der Waals surface area contributed by atoms with Gasteiger partial charge in [-0.2, -0.15) is 0 Å². The topological polar surface area (TPSA) is 102 Å². The van der Waals surface area contributed by atoms with Gasteiger partial charge in [-0.1, -0.05) is 20.8 Å². The number of carbonyl (C=O) groups excluding carboxylic acids is 1. The molecule has 0 radical (unpaired) electrons. The Labute approximate surface area is 120 Å². The minimum atomic E-state index is -1.00. The van der Waals surface area contributed by atoms with Crippen LogP contribution in [0.5, 0.6) is 0 Å². The van der Waals surface area contributed by atoms with Gasteiger partial charge in [0.2, 0.25) is 5.91 Å². The van der Waals surface area contributed by atoms with Crippen molar-refractivity contribution in [2.75, 3.05) is 6.61 Å². The number of ether oxygens (including phenoxy) is 1. The number of carboxylic acid groups (broad SMARTS) is 1. The van der Waals surface area contributed by atoms with Crippen molar-refractivity contribution in [2.45, 2.75) is 64.6 Å². The van der Waals surface area contributed by atoms with Crippen molar-refractivity contribution in [1.29, 1.82) is 0 Å². The zero-order valence-electron chi connectivity index (χ0n) is 12.7. The van der Waals surface area contributed by atoms with Gasteiger partial charge in [0.05, 0.1) is 12.5 Å². The number of amides is 1. The highest BCUT2D eigenvalue weighted by Gasteiger charge is 2.62. The highest BCUT2D eigenvalue weighted by molar-refractivity contribution is 5.89. The molecule has 3 unspecified atom stereocenters. The molecule has 6 heteroatoms. The Morgan fingerprint density at radius 2 is 2.05 bits per heavy atom. The molecule has 0 aromatic heterocycles. The summed E-state index contributed by atoms with van der Waals surface area (Å²) >= 11 is 0. The van der Waals surface area contributed by atoms with Crippen LogP contribution in [0.2, 0.25) is 0 Å². The number of nitrogens with two attached hydrogens (primary N) is 1. The van der Waals surface area contributed by atoms with Crippen LogP contribution in [0.1, 0.15) is 47.0 Å². The summed E-state index contributed by atoms with van der Waals surface area (Å²) in [6.07, 6.45) is 0.892. The molecule has 0 bridgehead atoms. The molecule has 116 valence electrons. The van der Waals surface area contributed by atoms with Crippen molar-refractivity contribution in [2.24, 2.45) is 11.1 Å². The molecule has 0 aliphatic heterocycles. The van der Waals surface area contributed by atoms with Crippen LogP contribution in [0.3, 0.4) is 0 Å². The fraction of sp³-hybridized carbons (Fsp3) is 0.857. The smallest absolute Gasteiger partial charge is 0.305 e. The van der Waals surface area contributed by atoms with Crippen LogP contribution >= 0.6 is 0 Å². The first-order valence-corrected chi connectivity index (χ1v) is 7.12. The summed E-state index contributed by atoms with van der Waals surface area (Å²) in [6.45, 7) is 8.16. The van der Waals surface area contributed by atoms with E-state index in [9.17, 15) is 9.59 Å². The highest BCUT2D eigenvalue weighted by atomic mass is 16.5. The van der Waals surface area contributed by atoms with Gasteiger partial charge in [0.25, 0.3) is 0 Å². The Morgan fingerprint density at radius 1 is 1.45 bits per heavy atom. The van der Waals surface area contributed by atoms with E-state index in [0.717, 1.165) is 0 Å². The van der Waals surface area contributed by atoms with Crippen LogP contribution in [0, 0.1) is 5.41 Å². The van der Waals surface area contributed by atoms with Crippen LogP contribution in [-0.4, -0.2) is 41.3 Å². The van der Waals surface area contributed by atoms with E-state index in [-0.39, 0.29) is 24.5 Å². The fourth-order valence-corrected chi connectivity index (χ4v) is 2.64. The number of hydrogen-bond donors (Lipinski definition) is 3. The van der Waals surface area contributed by atoms with E-state index in [0.29, 0.717) is 19.4 Å². The van der Waals surface area contributed by atoms with E-state index in [1.54, 1.807) is 0 Å². The van der Waals surface area contributed by atoms with E-state index in [1.165, 1.54) is 0 Å². The summed E-state index contributed by atoms with van der Waals surface area (Å²) in [5.74, 6) is -1.21. The van der Waals surface area contributed by atoms with Crippen molar-refractivity contribution < 1.29 is 19.4 Å². The summed E-state index contributed by atoms with van der Waals surface area (Å²) in [4.78, 5) is 23.1. The molecule has 1 aliphatic rings. The molecular formula is C14H26N2O4. The van der Waals surface area contributed by atoms with Gasteiger partial charge in [-0.3, -0.25) is 9.59 Å². The second-order valence-electron chi connectivity index (χ2n) is 6.02. The van der Waals surface area contributed by atoms with E-state index >= 15 is 0 Å². The third-order valence-corrected chi connectivity index (χ3v) is 4.48. The molecule has 0 aromatic carbocycles. The standard InChI is InChI=1S/C14H26N2O4/c1-5-9(7-11(17)18)16-12(19)14(15)8-10(20-6-2)13(14,3)4/h9-10H,5-8,15H2,1-4H3,(H,16,19)(H,17,18). The Bertz CT molecular complexity index is 383. The average Bonchev–Trinajstić information content (AvgIpc) is 2.36. The number of nitrogens with one attached hydrogen (secondary N) is 1. The molecule has 20 heavy (non-hydrogen) atoms. The second-order valence-corrected chi connectivity index (χ2v) is 6.02. The first-order valence-electron chi connectivity index (χ1n) is 7.12. The first kappa shape index (κ1) is 16.9. The van der Waals surface area contributed by atoms with Crippen LogP contribution in [0.15, 0.2) is 0 Å². The number of aliphatic carboxylic acids is 1. The third kappa shape index (κ3) is 2.96. The molecule has 1 amide bonds. The molecular weight excluding hydrogens is 260 g/mol. The van der Waals surface area contributed by atoms with Crippen LogP contribution in [0.25, 0.3) is 0 Å². The van der Waals surface area contributed by atoms with E-state index in [4.69, 9.17) is 15.6 Å². The summed E-state index contributed by atoms with van der Waals surface area (Å²) in [7, 11) is 0. The van der Waals surface area contributed by atoms with Gasteiger partial charge in [0, 0.05) is 24.5 Å². The van der Waals surface area contributed by atoms with Gasteiger partial charge in [-0.15, -0.1) is 0 Å². The normalized spacial score (nSPS) is 29.4. The lowest BCUT2D eigenvalue weighted by Gasteiger charge is -2.57. The van der Waals surface area contributed by atoms with Gasteiger partial charge in [-0.25, -0.2) is 0 Å². The Kier molecular flexibility index (Phi) is 5.15. The van der Waals surface area contributed by atoms with Gasteiger partial charge in [0.1, 0.15) is 5.54 Å². The summed E-state index contributed by atoms with van der Waals surface area (Å²) in [6, 6.07) is -0.387. The third-order valence-electron chi connectivity index (χ3n) is 4.48. The monoisotopic (exact) mass is 286 g/mol. The maximum atomic E-state index is 12.4. The Hall–Kier alpha value is -1.14. The van der Waals surface area contributed by atoms with Gasteiger partial charge < -0.3 is 20.9 Å². The van der Waals surface area contributed by atoms with E-state index < -0.39 is 16.9 Å². The quantitative estimate of drug-likeness (QED) is 0.645. The molecule has 0 spiro atoms. The summed E-state index contributed by atoms with van der Waals surface area (Å²) < 4.78 is 5.58. The molecule has 0 saturated heterocycles. The molecule has 6 nitrogen and oxygen atoms in total. The Morgan fingerprint density at radius 3 is 2.45 bits per heavy atom. The van der Waals surface area contributed by atoms with Crippen molar-refractivity contribution in [3.8, 4) is 0 Å². The predicted molar refractivity (Wildman–Crippen MR) is 75.2 cm³/mol. The molecule has 3 atom stereocenters. The SMILES string of the molecule is CCOC1CC(N)(C(=O)NC(CC)CC(=O)O)C1(C)C. The van der Waals surface area contributed by atoms with Gasteiger partial charge in [0.15, 0.2) is 0 Å². The van der Waals surface area contributed by atoms with Crippen molar-refractivity contribution >= 4 is 11.9 Å². The molecule has 4 N–H and O–H groups in total. The molecule has 1 aliphatic carbocycles. The molecule has 1 fully saturated rings. The number of carbonyl (C=O) groups is 2. The number of hydrogen-bond acceptors (Lipinski definition) is 4. The van der Waals surface area contributed by atoms with Gasteiger partial charge >= 0.3 is 5.97 Å². The lowest BCUT2D eigenvalue weighted by atomic mass is 9.54. The zero-order chi connectivity index (χ0) is 15.6. The summed E-state index contributed by atoms with van der Waals surface area (Å²) in [5, 5.41) is 11.6. The average molecular weight is 286 g/mol. The molecule has 1 saturated carbocycles. The number of carboxylic acids is 1.